The van der Waals surface area contributed by atoms with Crippen LogP contribution in [0.5, 0.6) is 0 Å². The van der Waals surface area contributed by atoms with Crippen molar-refractivity contribution in [3.63, 3.8) is 0 Å². The van der Waals surface area contributed by atoms with Gasteiger partial charge in [0, 0.05) is 18.1 Å². The fourth-order valence-electron chi connectivity index (χ4n) is 0.797. The SMILES string of the molecule is Cc1ncc[nH]1.Nc1ccccc1.O=S(=O)(O)O. The first-order valence-electron chi connectivity index (χ1n) is 4.75. The van der Waals surface area contributed by atoms with Gasteiger partial charge in [-0.2, -0.15) is 8.42 Å². The van der Waals surface area contributed by atoms with Gasteiger partial charge >= 0.3 is 10.4 Å². The second-order valence-electron chi connectivity index (χ2n) is 3.03. The summed E-state index contributed by atoms with van der Waals surface area (Å²) in [4.78, 5) is 6.75. The highest BCUT2D eigenvalue weighted by atomic mass is 32.3. The quantitative estimate of drug-likeness (QED) is 0.423. The van der Waals surface area contributed by atoms with Crippen LogP contribution in [0.3, 0.4) is 0 Å². The summed E-state index contributed by atoms with van der Waals surface area (Å²) in [7, 11) is -4.67. The number of nitrogen functional groups attached to an aromatic ring is 1. The topological polar surface area (TPSA) is 129 Å². The van der Waals surface area contributed by atoms with Crippen molar-refractivity contribution in [2.24, 2.45) is 0 Å². The van der Waals surface area contributed by atoms with E-state index in [0.29, 0.717) is 0 Å². The van der Waals surface area contributed by atoms with Crippen LogP contribution in [-0.2, 0) is 10.4 Å². The monoisotopic (exact) mass is 273 g/mol. The number of imidazole rings is 1. The van der Waals surface area contributed by atoms with Crippen molar-refractivity contribution < 1.29 is 17.5 Å². The zero-order valence-electron chi connectivity index (χ0n) is 9.69. The number of rotatable bonds is 0. The number of nitrogens with zero attached hydrogens (tertiary/aromatic N) is 1. The molecular weight excluding hydrogens is 258 g/mol. The average Bonchev–Trinajstić information content (AvgIpc) is 2.69. The van der Waals surface area contributed by atoms with Gasteiger partial charge in [-0.1, -0.05) is 18.2 Å². The number of hydrogen-bond donors (Lipinski definition) is 4. The van der Waals surface area contributed by atoms with E-state index in [2.05, 4.69) is 9.97 Å². The van der Waals surface area contributed by atoms with Gasteiger partial charge in [-0.15, -0.1) is 0 Å². The van der Waals surface area contributed by atoms with E-state index in [9.17, 15) is 0 Å². The lowest BCUT2D eigenvalue weighted by Gasteiger charge is -1.83. The Morgan fingerprint density at radius 1 is 1.22 bits per heavy atom. The Bertz CT molecular complexity index is 503. The van der Waals surface area contributed by atoms with Crippen molar-refractivity contribution >= 4 is 16.1 Å². The summed E-state index contributed by atoms with van der Waals surface area (Å²) in [6.45, 7) is 1.92. The van der Waals surface area contributed by atoms with Crippen molar-refractivity contribution in [3.05, 3.63) is 48.5 Å². The minimum absolute atomic E-state index is 0.822. The Balaban J connectivity index is 0.000000245. The molecule has 1 aromatic carbocycles. The molecule has 100 valence electrons. The van der Waals surface area contributed by atoms with E-state index in [1.165, 1.54) is 0 Å². The van der Waals surface area contributed by atoms with Crippen LogP contribution in [0.2, 0.25) is 0 Å². The molecule has 0 fully saturated rings. The lowest BCUT2D eigenvalue weighted by atomic mass is 10.3. The molecule has 1 heterocycles. The minimum atomic E-state index is -4.67. The molecule has 0 aliphatic rings. The Labute approximate surface area is 105 Å². The fraction of sp³-hybridized carbons (Fsp3) is 0.100. The number of benzene rings is 1. The van der Waals surface area contributed by atoms with Crippen LogP contribution >= 0.6 is 0 Å². The van der Waals surface area contributed by atoms with Crippen LogP contribution in [0, 0.1) is 6.92 Å². The Morgan fingerprint density at radius 3 is 1.89 bits per heavy atom. The zero-order valence-corrected chi connectivity index (χ0v) is 10.5. The Hall–Kier alpha value is -1.90. The molecule has 0 bridgehead atoms. The van der Waals surface area contributed by atoms with Crippen LogP contribution in [0.15, 0.2) is 42.7 Å². The summed E-state index contributed by atoms with van der Waals surface area (Å²) in [5.41, 5.74) is 6.18. The molecule has 0 atom stereocenters. The second-order valence-corrected chi connectivity index (χ2v) is 3.93. The van der Waals surface area contributed by atoms with E-state index >= 15 is 0 Å². The molecule has 8 heteroatoms. The van der Waals surface area contributed by atoms with E-state index < -0.39 is 10.4 Å². The summed E-state index contributed by atoms with van der Waals surface area (Å²) in [5.74, 6) is 0.968. The molecule has 0 aliphatic carbocycles. The molecule has 18 heavy (non-hydrogen) atoms. The molecule has 2 aromatic rings. The third kappa shape index (κ3) is 14.1. The molecule has 0 aliphatic heterocycles. The van der Waals surface area contributed by atoms with Crippen LogP contribution in [0.25, 0.3) is 0 Å². The van der Waals surface area contributed by atoms with Gasteiger partial charge < -0.3 is 10.7 Å². The average molecular weight is 273 g/mol. The fourth-order valence-corrected chi connectivity index (χ4v) is 0.797. The summed E-state index contributed by atoms with van der Waals surface area (Å²) in [5, 5.41) is 0. The van der Waals surface area contributed by atoms with Gasteiger partial charge in [-0.05, 0) is 19.1 Å². The lowest BCUT2D eigenvalue weighted by Crippen LogP contribution is -1.89. The summed E-state index contributed by atoms with van der Waals surface area (Å²) < 4.78 is 31.6. The molecule has 0 radical (unpaired) electrons. The highest BCUT2D eigenvalue weighted by Gasteiger charge is 1.84. The second kappa shape index (κ2) is 8.23. The van der Waals surface area contributed by atoms with Gasteiger partial charge in [-0.25, -0.2) is 4.98 Å². The normalized spacial score (nSPS) is 9.50. The number of aryl methyl sites for hydroxylation is 1. The van der Waals surface area contributed by atoms with Crippen molar-refractivity contribution in [3.8, 4) is 0 Å². The summed E-state index contributed by atoms with van der Waals surface area (Å²) >= 11 is 0. The number of anilines is 1. The number of aromatic amines is 1. The minimum Gasteiger partial charge on any atom is -0.399 e. The molecule has 0 unspecified atom stereocenters. The Morgan fingerprint density at radius 2 is 1.72 bits per heavy atom. The first kappa shape index (κ1) is 16.1. The predicted octanol–water partition coefficient (Wildman–Crippen LogP) is 1.33. The lowest BCUT2D eigenvalue weighted by molar-refractivity contribution is 0.381. The first-order chi connectivity index (χ1) is 8.29. The number of hydrogen-bond acceptors (Lipinski definition) is 4. The van der Waals surface area contributed by atoms with Gasteiger partial charge in [0.25, 0.3) is 0 Å². The highest BCUT2D eigenvalue weighted by molar-refractivity contribution is 7.79. The maximum Gasteiger partial charge on any atom is 0.394 e. The van der Waals surface area contributed by atoms with Crippen molar-refractivity contribution in [1.29, 1.82) is 0 Å². The van der Waals surface area contributed by atoms with Gasteiger partial charge in [0.05, 0.1) is 0 Å². The molecule has 2 rings (SSSR count). The molecule has 0 saturated heterocycles. The number of nitrogens with one attached hydrogen (secondary N) is 1. The van der Waals surface area contributed by atoms with Gasteiger partial charge in [0.15, 0.2) is 0 Å². The molecule has 5 N–H and O–H groups in total. The van der Waals surface area contributed by atoms with Gasteiger partial charge in [0.2, 0.25) is 0 Å². The largest absolute Gasteiger partial charge is 0.399 e. The maximum absolute atomic E-state index is 8.74. The maximum atomic E-state index is 8.74. The van der Waals surface area contributed by atoms with E-state index in [0.717, 1.165) is 11.5 Å². The number of para-hydroxylation sites is 1. The first-order valence-corrected chi connectivity index (χ1v) is 6.15. The summed E-state index contributed by atoms with van der Waals surface area (Å²) in [6.07, 6.45) is 3.53. The van der Waals surface area contributed by atoms with E-state index in [1.807, 2.05) is 37.3 Å². The van der Waals surface area contributed by atoms with Crippen molar-refractivity contribution in [2.45, 2.75) is 6.92 Å². The number of aromatic nitrogens is 2. The van der Waals surface area contributed by atoms with Crippen molar-refractivity contribution in [1.82, 2.24) is 9.97 Å². The molecule has 0 amide bonds. The standard InChI is InChI=1S/C6H7N.C4H6N2.H2O4S/c7-6-4-2-1-3-5-6;1-4-5-2-3-6-4;1-5(2,3)4/h1-5H,7H2;2-3H,1H3,(H,5,6);(H2,1,2,3,4). The van der Waals surface area contributed by atoms with Crippen LogP contribution in [0.1, 0.15) is 5.82 Å². The highest BCUT2D eigenvalue weighted by Crippen LogP contribution is 1.95. The van der Waals surface area contributed by atoms with Crippen LogP contribution in [0.4, 0.5) is 5.69 Å². The molecule has 7 nitrogen and oxygen atoms in total. The molecule has 0 saturated carbocycles. The van der Waals surface area contributed by atoms with Crippen LogP contribution in [-0.4, -0.2) is 27.5 Å². The van der Waals surface area contributed by atoms with E-state index in [-0.39, 0.29) is 0 Å². The summed E-state index contributed by atoms with van der Waals surface area (Å²) in [6, 6.07) is 9.49. The molecular formula is C10H15N3O4S. The van der Waals surface area contributed by atoms with E-state index in [4.69, 9.17) is 23.3 Å². The van der Waals surface area contributed by atoms with Crippen LogP contribution < -0.4 is 5.73 Å². The zero-order chi connectivity index (χ0) is 14.0. The predicted molar refractivity (Wildman–Crippen MR) is 68.4 cm³/mol. The molecule has 0 spiro atoms. The van der Waals surface area contributed by atoms with Crippen molar-refractivity contribution in [2.75, 3.05) is 5.73 Å². The van der Waals surface area contributed by atoms with E-state index in [1.54, 1.807) is 12.4 Å². The third-order valence-electron chi connectivity index (χ3n) is 1.43. The van der Waals surface area contributed by atoms with Gasteiger partial charge in [0.1, 0.15) is 5.82 Å². The number of H-pyrrole nitrogens is 1. The smallest absolute Gasteiger partial charge is 0.394 e. The van der Waals surface area contributed by atoms with Gasteiger partial charge in [-0.3, -0.25) is 9.11 Å². The Kier molecular flexibility index (Phi) is 7.36. The molecule has 1 aromatic heterocycles. The third-order valence-corrected chi connectivity index (χ3v) is 1.43. The number of nitrogens with two attached hydrogens (primary N) is 1.